The fourth-order valence-corrected chi connectivity index (χ4v) is 4.25. The van der Waals surface area contributed by atoms with Crippen LogP contribution in [0, 0.1) is 4.77 Å². The highest BCUT2D eigenvalue weighted by Gasteiger charge is 2.22. The van der Waals surface area contributed by atoms with Crippen molar-refractivity contribution in [3.8, 4) is 17.1 Å². The maximum Gasteiger partial charge on any atom is 0.226 e. The Labute approximate surface area is 196 Å². The van der Waals surface area contributed by atoms with Gasteiger partial charge >= 0.3 is 0 Å². The van der Waals surface area contributed by atoms with Gasteiger partial charge in [0.1, 0.15) is 11.6 Å². The number of ether oxygens (including phenoxy) is 1. The third-order valence-corrected chi connectivity index (χ3v) is 6.33. The van der Waals surface area contributed by atoms with Gasteiger partial charge in [0.15, 0.2) is 10.6 Å². The van der Waals surface area contributed by atoms with Crippen molar-refractivity contribution in [3.05, 3.63) is 53.1 Å². The van der Waals surface area contributed by atoms with E-state index in [9.17, 15) is 4.79 Å². The van der Waals surface area contributed by atoms with Crippen LogP contribution in [0.3, 0.4) is 0 Å². The van der Waals surface area contributed by atoms with Crippen molar-refractivity contribution in [1.29, 1.82) is 0 Å². The zero-order valence-electron chi connectivity index (χ0n) is 18.4. The Bertz CT molecular complexity index is 1330. The molecule has 2 aromatic heterocycles. The van der Waals surface area contributed by atoms with E-state index in [0.29, 0.717) is 29.7 Å². The summed E-state index contributed by atoms with van der Waals surface area (Å²) < 4.78 is 7.82. The van der Waals surface area contributed by atoms with Crippen LogP contribution in [0.15, 0.2) is 42.5 Å². The number of nitrogens with zero attached hydrogens (tertiary/aromatic N) is 3. The van der Waals surface area contributed by atoms with E-state index in [1.807, 2.05) is 54.0 Å². The molecule has 2 aromatic carbocycles. The summed E-state index contributed by atoms with van der Waals surface area (Å²) in [6, 6.07) is 13.4. The van der Waals surface area contributed by atoms with Gasteiger partial charge in [-0.1, -0.05) is 6.42 Å². The third kappa shape index (κ3) is 4.54. The Morgan fingerprint density at radius 3 is 2.79 bits per heavy atom. The molecule has 0 aliphatic heterocycles. The summed E-state index contributed by atoms with van der Waals surface area (Å²) in [5, 5.41) is 10.2. The summed E-state index contributed by atoms with van der Waals surface area (Å²) in [4.78, 5) is 20.8. The minimum Gasteiger partial charge on any atom is -0.494 e. The Hall–Kier alpha value is -3.46. The van der Waals surface area contributed by atoms with E-state index in [1.54, 1.807) is 0 Å². The van der Waals surface area contributed by atoms with Crippen molar-refractivity contribution in [1.82, 2.24) is 24.7 Å². The molecule has 1 fully saturated rings. The van der Waals surface area contributed by atoms with Crippen molar-refractivity contribution in [2.45, 2.75) is 45.1 Å². The Kier molecular flexibility index (Phi) is 5.95. The number of carbonyl (C=O) groups excluding carboxylic acids is 1. The largest absolute Gasteiger partial charge is 0.494 e. The lowest BCUT2D eigenvalue weighted by Gasteiger charge is -2.22. The van der Waals surface area contributed by atoms with E-state index in [0.717, 1.165) is 33.9 Å². The Morgan fingerprint density at radius 1 is 1.24 bits per heavy atom. The lowest BCUT2D eigenvalue weighted by atomic mass is 9.85. The molecule has 33 heavy (non-hydrogen) atoms. The van der Waals surface area contributed by atoms with E-state index in [4.69, 9.17) is 17.0 Å². The number of benzene rings is 2. The number of carbonyl (C=O) groups is 1. The van der Waals surface area contributed by atoms with Crippen LogP contribution in [0.4, 0.5) is 5.69 Å². The van der Waals surface area contributed by atoms with Crippen LogP contribution in [0.25, 0.3) is 22.4 Å². The van der Waals surface area contributed by atoms with Gasteiger partial charge in [0, 0.05) is 30.1 Å². The number of nitrogens with one attached hydrogen (secondary N) is 3. The van der Waals surface area contributed by atoms with Crippen LogP contribution in [0.5, 0.6) is 5.75 Å². The van der Waals surface area contributed by atoms with Gasteiger partial charge in [-0.05, 0) is 74.4 Å². The standard InChI is InChI=1S/C24H26N6O2S/c1-2-32-18-9-6-16(7-10-18)23-28-29-24(33)30(23)13-12-21(31)25-17-8-11-19-20(14-17)27-22(26-19)15-4-3-5-15/h6-11,14-15H,2-5,12-13H2,1H3,(H,25,31)(H,26,27)(H,29,33). The van der Waals surface area contributed by atoms with Crippen LogP contribution in [-0.4, -0.2) is 37.2 Å². The molecule has 1 aliphatic carbocycles. The van der Waals surface area contributed by atoms with Crippen LogP contribution in [0.1, 0.15) is 44.3 Å². The first-order valence-corrected chi connectivity index (χ1v) is 11.7. The zero-order chi connectivity index (χ0) is 22.8. The molecule has 2 heterocycles. The highest BCUT2D eigenvalue weighted by atomic mass is 32.1. The summed E-state index contributed by atoms with van der Waals surface area (Å²) in [5.41, 5.74) is 3.53. The minimum absolute atomic E-state index is 0.0891. The number of amides is 1. The molecule has 1 aliphatic rings. The highest BCUT2D eigenvalue weighted by molar-refractivity contribution is 7.71. The number of aromatic nitrogens is 5. The second-order valence-electron chi connectivity index (χ2n) is 8.24. The van der Waals surface area contributed by atoms with Gasteiger partial charge < -0.3 is 15.0 Å². The predicted molar refractivity (Wildman–Crippen MR) is 130 cm³/mol. The zero-order valence-corrected chi connectivity index (χ0v) is 19.2. The maximum atomic E-state index is 12.7. The maximum absolute atomic E-state index is 12.7. The van der Waals surface area contributed by atoms with Crippen LogP contribution < -0.4 is 10.1 Å². The molecular weight excluding hydrogens is 436 g/mol. The van der Waals surface area contributed by atoms with Gasteiger partial charge in [0.05, 0.1) is 17.6 Å². The van der Waals surface area contributed by atoms with Gasteiger partial charge in [-0.25, -0.2) is 4.98 Å². The van der Waals surface area contributed by atoms with Crippen molar-refractivity contribution in [3.63, 3.8) is 0 Å². The lowest BCUT2D eigenvalue weighted by Crippen LogP contribution is -2.15. The average molecular weight is 463 g/mol. The normalized spacial score (nSPS) is 13.7. The molecule has 1 amide bonds. The molecule has 0 radical (unpaired) electrons. The van der Waals surface area contributed by atoms with Crippen LogP contribution >= 0.6 is 12.2 Å². The van der Waals surface area contributed by atoms with Crippen molar-refractivity contribution < 1.29 is 9.53 Å². The molecule has 5 rings (SSSR count). The summed E-state index contributed by atoms with van der Waals surface area (Å²) in [6.45, 7) is 2.98. The fraction of sp³-hybridized carbons (Fsp3) is 0.333. The third-order valence-electron chi connectivity index (χ3n) is 6.02. The molecule has 170 valence electrons. The average Bonchev–Trinajstić information content (AvgIpc) is 3.34. The predicted octanol–water partition coefficient (Wildman–Crippen LogP) is 5.18. The van der Waals surface area contributed by atoms with Crippen molar-refractivity contribution in [2.24, 2.45) is 0 Å². The molecule has 3 N–H and O–H groups in total. The molecule has 9 heteroatoms. The van der Waals surface area contributed by atoms with Crippen LogP contribution in [-0.2, 0) is 11.3 Å². The van der Waals surface area contributed by atoms with Gasteiger partial charge in [-0.2, -0.15) is 5.10 Å². The molecule has 0 spiro atoms. The first-order chi connectivity index (χ1) is 16.1. The second kappa shape index (κ2) is 9.19. The number of imidazole rings is 1. The van der Waals surface area contributed by atoms with E-state index in [1.165, 1.54) is 19.3 Å². The quantitative estimate of drug-likeness (QED) is 0.313. The molecule has 0 unspecified atom stereocenters. The fourth-order valence-electron chi connectivity index (χ4n) is 4.03. The SMILES string of the molecule is CCOc1ccc(-c2n[nH]c(=S)n2CCC(=O)Nc2ccc3nc(C4CCC4)[nH]c3c2)cc1. The molecule has 0 bridgehead atoms. The van der Waals surface area contributed by atoms with Crippen molar-refractivity contribution in [2.75, 3.05) is 11.9 Å². The topological polar surface area (TPSA) is 101 Å². The summed E-state index contributed by atoms with van der Waals surface area (Å²) in [5.74, 6) is 3.00. The van der Waals surface area contributed by atoms with E-state index < -0.39 is 0 Å². The summed E-state index contributed by atoms with van der Waals surface area (Å²) >= 11 is 5.39. The first kappa shape index (κ1) is 21.4. The number of anilines is 1. The number of H-pyrrole nitrogens is 2. The molecule has 8 nitrogen and oxygen atoms in total. The number of rotatable bonds is 8. The smallest absolute Gasteiger partial charge is 0.226 e. The lowest BCUT2D eigenvalue weighted by molar-refractivity contribution is -0.116. The minimum atomic E-state index is -0.0891. The molecule has 1 saturated carbocycles. The number of hydrogen-bond donors (Lipinski definition) is 3. The number of hydrogen-bond acceptors (Lipinski definition) is 5. The summed E-state index contributed by atoms with van der Waals surface area (Å²) in [7, 11) is 0. The van der Waals surface area contributed by atoms with E-state index in [-0.39, 0.29) is 12.3 Å². The first-order valence-electron chi connectivity index (χ1n) is 11.3. The monoisotopic (exact) mass is 462 g/mol. The van der Waals surface area contributed by atoms with Gasteiger partial charge in [-0.15, -0.1) is 0 Å². The second-order valence-corrected chi connectivity index (χ2v) is 8.63. The van der Waals surface area contributed by atoms with Crippen LogP contribution in [0.2, 0.25) is 0 Å². The number of fused-ring (bicyclic) bond motifs is 1. The highest BCUT2D eigenvalue weighted by Crippen LogP contribution is 2.35. The Morgan fingerprint density at radius 2 is 2.06 bits per heavy atom. The number of aromatic amines is 2. The van der Waals surface area contributed by atoms with E-state index in [2.05, 4.69) is 25.5 Å². The molecule has 4 aromatic rings. The van der Waals surface area contributed by atoms with E-state index >= 15 is 0 Å². The molecular formula is C24H26N6O2S. The molecule has 0 atom stereocenters. The molecule has 0 saturated heterocycles. The summed E-state index contributed by atoms with van der Waals surface area (Å²) in [6.07, 6.45) is 3.92. The van der Waals surface area contributed by atoms with Gasteiger partial charge in [-0.3, -0.25) is 14.5 Å². The van der Waals surface area contributed by atoms with Gasteiger partial charge in [0.2, 0.25) is 5.91 Å². The van der Waals surface area contributed by atoms with Gasteiger partial charge in [0.25, 0.3) is 0 Å². The Balaban J connectivity index is 1.25. The van der Waals surface area contributed by atoms with Crippen molar-refractivity contribution >= 4 is 34.8 Å².